The zero-order chi connectivity index (χ0) is 74.6. The lowest BCUT2D eigenvalue weighted by molar-refractivity contribution is -0.161. The minimum absolute atomic E-state index is 0.0147. The number of carbonyl (C=O) groups is 4. The van der Waals surface area contributed by atoms with Gasteiger partial charge in [-0.05, 0) is 154 Å². The molecule has 0 aliphatic heterocycles. The van der Waals surface area contributed by atoms with Gasteiger partial charge >= 0.3 is 39.5 Å². The number of rotatable bonds is 69. The molecule has 0 heterocycles. The average molecular weight is 1460 g/mol. The third kappa shape index (κ3) is 72.5. The zero-order valence-corrected chi connectivity index (χ0v) is 64.5. The van der Waals surface area contributed by atoms with Gasteiger partial charge in [-0.3, -0.25) is 37.3 Å². The van der Waals surface area contributed by atoms with Crippen LogP contribution >= 0.6 is 15.6 Å². The second-order valence-electron chi connectivity index (χ2n) is 24.5. The van der Waals surface area contributed by atoms with Gasteiger partial charge in [0, 0.05) is 19.3 Å². The number of hydrogen-bond donors (Lipinski definition) is 3. The van der Waals surface area contributed by atoms with Crippen molar-refractivity contribution in [1.29, 1.82) is 0 Å². The molecule has 0 saturated carbocycles. The van der Waals surface area contributed by atoms with Crippen molar-refractivity contribution in [2.75, 3.05) is 39.6 Å². The lowest BCUT2D eigenvalue weighted by atomic mass is 10.1. The predicted octanol–water partition coefficient (Wildman–Crippen LogP) is 22.0. The van der Waals surface area contributed by atoms with Gasteiger partial charge in [0.15, 0.2) is 12.2 Å². The van der Waals surface area contributed by atoms with Crippen molar-refractivity contribution in [1.82, 2.24) is 0 Å². The smallest absolute Gasteiger partial charge is 0.462 e. The fourth-order valence-corrected chi connectivity index (χ4v) is 10.8. The highest BCUT2D eigenvalue weighted by Gasteiger charge is 2.30. The molecule has 0 aromatic carbocycles. The first kappa shape index (κ1) is 96.2. The molecule has 5 unspecified atom stereocenters. The fraction of sp³-hybridized carbons (Fsp3) is 0.590. The van der Waals surface area contributed by atoms with E-state index in [1.807, 2.05) is 36.5 Å². The molecular weight excluding hydrogens is 1330 g/mol. The van der Waals surface area contributed by atoms with Crippen LogP contribution in [0, 0.1) is 0 Å². The maximum absolute atomic E-state index is 13.1. The van der Waals surface area contributed by atoms with Crippen LogP contribution in [0.5, 0.6) is 0 Å². The number of phosphoric acid groups is 2. The van der Waals surface area contributed by atoms with Gasteiger partial charge in [0.25, 0.3) is 0 Å². The number of esters is 4. The van der Waals surface area contributed by atoms with Crippen LogP contribution in [0.25, 0.3) is 0 Å². The molecule has 0 bridgehead atoms. The molecule has 576 valence electrons. The highest BCUT2D eigenvalue weighted by Crippen LogP contribution is 2.45. The van der Waals surface area contributed by atoms with Crippen molar-refractivity contribution in [3.8, 4) is 0 Å². The van der Waals surface area contributed by atoms with Crippen molar-refractivity contribution in [3.05, 3.63) is 182 Å². The molecule has 0 fully saturated rings. The Labute approximate surface area is 615 Å². The van der Waals surface area contributed by atoms with Crippen LogP contribution in [0.1, 0.15) is 259 Å². The molecule has 0 aliphatic carbocycles. The minimum atomic E-state index is -5.02. The molecule has 0 aliphatic rings. The third-order valence-electron chi connectivity index (χ3n) is 14.9. The van der Waals surface area contributed by atoms with E-state index in [2.05, 4.69) is 167 Å². The number of carbonyl (C=O) groups excluding carboxylic acids is 4. The molecule has 0 amide bonds. The predicted molar refractivity (Wildman–Crippen MR) is 417 cm³/mol. The van der Waals surface area contributed by atoms with Gasteiger partial charge in [-0.1, -0.05) is 261 Å². The van der Waals surface area contributed by atoms with E-state index in [0.717, 1.165) is 128 Å². The van der Waals surface area contributed by atoms with Crippen LogP contribution < -0.4 is 0 Å². The molecule has 19 heteroatoms. The number of aliphatic hydroxyl groups is 1. The topological polar surface area (TPSA) is 237 Å². The summed E-state index contributed by atoms with van der Waals surface area (Å²) in [7, 11) is -10.0. The lowest BCUT2D eigenvalue weighted by Gasteiger charge is -2.21. The van der Waals surface area contributed by atoms with Crippen molar-refractivity contribution in [2.24, 2.45) is 0 Å². The van der Waals surface area contributed by atoms with E-state index >= 15 is 0 Å². The molecule has 102 heavy (non-hydrogen) atoms. The SMILES string of the molecule is CC/C=C\C/C=C\C/C=C\C/C=C\C/C=C\CCCC(=O)OCC(COP(=O)(O)OCC(O)COP(=O)(O)OCC(COC(=O)C/C=C\C/C=C\C/C=C\C/C=C\C/C=C\CC)OC(=O)CCCC/C=C\C/C=C\C/C=C\C/C=C\CC)OC(=O)CCCCCCC/C=C\CCCCCCCC. The first-order valence-corrected chi connectivity index (χ1v) is 41.0. The fourth-order valence-electron chi connectivity index (χ4n) is 9.19. The molecule has 0 rings (SSSR count). The Morgan fingerprint density at radius 3 is 0.931 bits per heavy atom. The lowest BCUT2D eigenvalue weighted by Crippen LogP contribution is -2.30. The summed E-state index contributed by atoms with van der Waals surface area (Å²) in [5.41, 5.74) is 0. The Morgan fingerprint density at radius 1 is 0.294 bits per heavy atom. The standard InChI is InChI=1S/C83H132O17P2/c1-5-9-13-17-21-25-29-33-37-38-42-44-48-52-56-60-64-68-81(86)94-74-79(100-83(88)70-66-62-58-54-50-46-41-36-32-28-24-20-16-12-8-4)76-98-102(91,92)96-72-77(84)71-95-101(89,90)97-75-78(99-82(87)69-65-61-57-53-49-45-40-35-31-27-23-19-15-11-7-3)73-93-80(85)67-63-59-55-51-47-43-39-34-30-26-22-18-14-10-6-2/h9-11,13-15,21-23,25-27,33-37,39-42,44,47,49,51-53,56,59,63,77-79,84H,5-8,12,16-20,24,28-32,38,43,45-46,48,50,54-55,57-58,60-62,64-76H2,1-4H3,(H,89,90)(H,91,92)/b13-9-,14-10-,15-11-,25-21-,26-22-,27-23-,37-33-,39-34-,40-35-,41-36-,44-42-,51-47-,53-49-,56-52-,63-59-. The zero-order valence-electron chi connectivity index (χ0n) is 62.7. The molecule has 0 aromatic rings. The quantitative estimate of drug-likeness (QED) is 0.0169. The van der Waals surface area contributed by atoms with Crippen molar-refractivity contribution in [3.63, 3.8) is 0 Å². The number of hydrogen-bond acceptors (Lipinski definition) is 15. The van der Waals surface area contributed by atoms with Gasteiger partial charge in [-0.15, -0.1) is 0 Å². The number of aliphatic hydroxyl groups excluding tert-OH is 1. The van der Waals surface area contributed by atoms with Crippen molar-refractivity contribution >= 4 is 39.5 Å². The summed E-state index contributed by atoms with van der Waals surface area (Å²) >= 11 is 0. The maximum atomic E-state index is 13.1. The molecule has 0 spiro atoms. The Hall–Kier alpha value is -5.84. The van der Waals surface area contributed by atoms with Crippen LogP contribution in [0.4, 0.5) is 0 Å². The Kier molecular flexibility index (Phi) is 69.3. The summed E-state index contributed by atoms with van der Waals surface area (Å²) in [5, 5.41) is 10.6. The summed E-state index contributed by atoms with van der Waals surface area (Å²) in [4.78, 5) is 72.8. The van der Waals surface area contributed by atoms with E-state index in [-0.39, 0.29) is 25.7 Å². The van der Waals surface area contributed by atoms with Crippen LogP contribution in [0.15, 0.2) is 182 Å². The Bertz CT molecular complexity index is 2650. The van der Waals surface area contributed by atoms with Gasteiger partial charge < -0.3 is 33.8 Å². The summed E-state index contributed by atoms with van der Waals surface area (Å²) in [6.07, 6.45) is 87.9. The van der Waals surface area contributed by atoms with Crippen molar-refractivity contribution in [2.45, 2.75) is 277 Å². The summed E-state index contributed by atoms with van der Waals surface area (Å²) < 4.78 is 68.2. The van der Waals surface area contributed by atoms with Crippen molar-refractivity contribution < 1.29 is 80.2 Å². The second-order valence-corrected chi connectivity index (χ2v) is 27.4. The molecule has 5 atom stereocenters. The summed E-state index contributed by atoms with van der Waals surface area (Å²) in [6.45, 7) is 4.25. The van der Waals surface area contributed by atoms with E-state index in [1.165, 1.54) is 38.5 Å². The van der Waals surface area contributed by atoms with Crippen LogP contribution in [0.2, 0.25) is 0 Å². The average Bonchev–Trinajstić information content (AvgIpc) is 0.923. The maximum Gasteiger partial charge on any atom is 0.472 e. The number of unbranched alkanes of at least 4 members (excludes halogenated alkanes) is 14. The molecule has 0 radical (unpaired) electrons. The van der Waals surface area contributed by atoms with E-state index in [9.17, 15) is 43.2 Å². The monoisotopic (exact) mass is 1460 g/mol. The largest absolute Gasteiger partial charge is 0.472 e. The third-order valence-corrected chi connectivity index (χ3v) is 16.8. The van der Waals surface area contributed by atoms with Gasteiger partial charge in [-0.2, -0.15) is 0 Å². The Morgan fingerprint density at radius 2 is 0.559 bits per heavy atom. The van der Waals surface area contributed by atoms with E-state index in [4.69, 9.17) is 37.0 Å². The summed E-state index contributed by atoms with van der Waals surface area (Å²) in [6, 6.07) is 0. The van der Waals surface area contributed by atoms with E-state index in [1.54, 1.807) is 6.08 Å². The molecule has 0 saturated heterocycles. The Balaban J connectivity index is 5.54. The first-order valence-electron chi connectivity index (χ1n) is 38.0. The van der Waals surface area contributed by atoms with Gasteiger partial charge in [0.2, 0.25) is 0 Å². The number of allylic oxidation sites excluding steroid dienone is 29. The van der Waals surface area contributed by atoms with E-state index in [0.29, 0.717) is 38.5 Å². The van der Waals surface area contributed by atoms with Crippen LogP contribution in [-0.4, -0.2) is 96.7 Å². The van der Waals surface area contributed by atoms with Gasteiger partial charge in [-0.25, -0.2) is 9.13 Å². The molecule has 17 nitrogen and oxygen atoms in total. The second kappa shape index (κ2) is 73.5. The van der Waals surface area contributed by atoms with Crippen LogP contribution in [-0.2, 0) is 65.4 Å². The molecule has 0 aromatic heterocycles. The normalized spacial score (nSPS) is 14.9. The minimum Gasteiger partial charge on any atom is -0.462 e. The first-order chi connectivity index (χ1) is 49.7. The highest BCUT2D eigenvalue weighted by atomic mass is 31.2. The highest BCUT2D eigenvalue weighted by molar-refractivity contribution is 7.47. The molecular formula is C83H132O17P2. The molecule has 3 N–H and O–H groups in total. The van der Waals surface area contributed by atoms with Gasteiger partial charge in [0.05, 0.1) is 32.8 Å². The summed E-state index contributed by atoms with van der Waals surface area (Å²) in [5.74, 6) is -2.47. The number of phosphoric ester groups is 2. The number of ether oxygens (including phenoxy) is 4. The van der Waals surface area contributed by atoms with Crippen LogP contribution in [0.3, 0.4) is 0 Å². The van der Waals surface area contributed by atoms with Gasteiger partial charge in [0.1, 0.15) is 19.3 Å². The van der Waals surface area contributed by atoms with E-state index < -0.39 is 97.5 Å².